The molecule has 0 aliphatic carbocycles. The van der Waals surface area contributed by atoms with Crippen molar-refractivity contribution >= 4 is 27.3 Å². The van der Waals surface area contributed by atoms with Crippen molar-refractivity contribution < 1.29 is 22.0 Å². The Morgan fingerprint density at radius 3 is 2.10 bits per heavy atom. The van der Waals surface area contributed by atoms with Crippen LogP contribution in [0.3, 0.4) is 0 Å². The number of sulfonamides is 1. The maximum atomic E-state index is 13.4. The molecular formula is C22H20F2N2O3S. The summed E-state index contributed by atoms with van der Waals surface area (Å²) in [5, 5.41) is 2.43. The zero-order valence-corrected chi connectivity index (χ0v) is 17.4. The predicted molar refractivity (Wildman–Crippen MR) is 112 cm³/mol. The van der Waals surface area contributed by atoms with Gasteiger partial charge in [0.15, 0.2) is 11.6 Å². The highest BCUT2D eigenvalue weighted by Gasteiger charge is 2.20. The molecule has 3 rings (SSSR count). The summed E-state index contributed by atoms with van der Waals surface area (Å²) >= 11 is 0. The lowest BCUT2D eigenvalue weighted by Crippen LogP contribution is -2.17. The third-order valence-electron chi connectivity index (χ3n) is 4.68. The molecule has 0 fully saturated rings. The van der Waals surface area contributed by atoms with E-state index in [0.717, 1.165) is 23.3 Å². The Kier molecular flexibility index (Phi) is 5.89. The number of carbonyl (C=O) groups excluding carboxylic acids is 1. The third kappa shape index (κ3) is 4.65. The second-order valence-electron chi connectivity index (χ2n) is 6.97. The van der Waals surface area contributed by atoms with Gasteiger partial charge in [-0.15, -0.1) is 0 Å². The zero-order valence-electron chi connectivity index (χ0n) is 16.6. The molecule has 0 spiro atoms. The van der Waals surface area contributed by atoms with Crippen molar-refractivity contribution in [2.24, 2.45) is 0 Å². The van der Waals surface area contributed by atoms with Gasteiger partial charge in [0.1, 0.15) is 0 Å². The van der Waals surface area contributed by atoms with Crippen LogP contribution in [-0.4, -0.2) is 14.3 Å². The quantitative estimate of drug-likeness (QED) is 0.602. The van der Waals surface area contributed by atoms with Crippen LogP contribution in [0.1, 0.15) is 27.0 Å². The van der Waals surface area contributed by atoms with Crippen molar-refractivity contribution in [3.05, 3.63) is 88.5 Å². The molecule has 1 amide bonds. The Bertz CT molecular complexity index is 1240. The molecule has 0 unspecified atom stereocenters. The number of hydrogen-bond donors (Lipinski definition) is 2. The minimum atomic E-state index is -3.95. The van der Waals surface area contributed by atoms with Gasteiger partial charge in [0.2, 0.25) is 0 Å². The van der Waals surface area contributed by atoms with Crippen LogP contribution in [0.15, 0.2) is 59.5 Å². The highest BCUT2D eigenvalue weighted by Crippen LogP contribution is 2.23. The third-order valence-corrected chi connectivity index (χ3v) is 6.20. The van der Waals surface area contributed by atoms with Crippen molar-refractivity contribution in [3.63, 3.8) is 0 Å². The van der Waals surface area contributed by atoms with Crippen LogP contribution in [0.25, 0.3) is 0 Å². The van der Waals surface area contributed by atoms with E-state index in [4.69, 9.17) is 0 Å². The normalized spacial score (nSPS) is 11.2. The van der Waals surface area contributed by atoms with E-state index < -0.39 is 27.6 Å². The molecule has 0 saturated heterocycles. The monoisotopic (exact) mass is 430 g/mol. The Labute approximate surface area is 173 Å². The second-order valence-corrected chi connectivity index (χ2v) is 8.62. The summed E-state index contributed by atoms with van der Waals surface area (Å²) in [7, 11) is -3.95. The first kappa shape index (κ1) is 21.4. The molecule has 3 aromatic rings. The molecule has 30 heavy (non-hydrogen) atoms. The fraction of sp³-hybridized carbons (Fsp3) is 0.136. The number of nitrogens with one attached hydrogen (secondary N) is 2. The van der Waals surface area contributed by atoms with Crippen molar-refractivity contribution in [2.75, 3.05) is 10.0 Å². The van der Waals surface area contributed by atoms with Crippen molar-refractivity contribution in [3.8, 4) is 0 Å². The lowest BCUT2D eigenvalue weighted by molar-refractivity contribution is 0.102. The van der Waals surface area contributed by atoms with Gasteiger partial charge in [0.25, 0.3) is 15.9 Å². The fourth-order valence-corrected chi connectivity index (χ4v) is 4.14. The summed E-state index contributed by atoms with van der Waals surface area (Å²) in [5.74, 6) is -2.78. The molecule has 0 atom stereocenters. The van der Waals surface area contributed by atoms with Gasteiger partial charge in [0.05, 0.1) is 4.90 Å². The van der Waals surface area contributed by atoms with Crippen LogP contribution in [0.2, 0.25) is 0 Å². The van der Waals surface area contributed by atoms with Crippen LogP contribution in [0.4, 0.5) is 20.2 Å². The average Bonchev–Trinajstić information content (AvgIpc) is 2.67. The van der Waals surface area contributed by atoms with E-state index in [2.05, 4.69) is 10.0 Å². The molecule has 0 aromatic heterocycles. The Hall–Kier alpha value is -3.26. The summed E-state index contributed by atoms with van der Waals surface area (Å²) in [6.45, 7) is 5.42. The van der Waals surface area contributed by atoms with E-state index in [9.17, 15) is 22.0 Å². The largest absolute Gasteiger partial charge is 0.322 e. The van der Waals surface area contributed by atoms with Gasteiger partial charge in [-0.05, 0) is 73.9 Å². The lowest BCUT2D eigenvalue weighted by Gasteiger charge is -2.13. The van der Waals surface area contributed by atoms with Gasteiger partial charge in [-0.3, -0.25) is 9.52 Å². The number of amides is 1. The van der Waals surface area contributed by atoms with Crippen LogP contribution >= 0.6 is 0 Å². The van der Waals surface area contributed by atoms with Crippen LogP contribution < -0.4 is 10.0 Å². The SMILES string of the molecule is Cc1ccc(NS(=O)(=O)c2cc(C(=O)Nc3ccc(F)c(F)c3)ccc2C)cc1C. The number of aryl methyl sites for hydroxylation is 3. The molecular weight excluding hydrogens is 410 g/mol. The fourth-order valence-electron chi connectivity index (χ4n) is 2.82. The molecule has 0 radical (unpaired) electrons. The van der Waals surface area contributed by atoms with E-state index in [1.54, 1.807) is 19.1 Å². The minimum Gasteiger partial charge on any atom is -0.322 e. The van der Waals surface area contributed by atoms with E-state index in [1.807, 2.05) is 19.9 Å². The second kappa shape index (κ2) is 8.23. The number of anilines is 2. The van der Waals surface area contributed by atoms with E-state index in [1.165, 1.54) is 24.3 Å². The number of rotatable bonds is 5. The first-order valence-electron chi connectivity index (χ1n) is 9.04. The predicted octanol–water partition coefficient (Wildman–Crippen LogP) is 4.94. The maximum Gasteiger partial charge on any atom is 0.262 e. The Morgan fingerprint density at radius 2 is 1.43 bits per heavy atom. The first-order chi connectivity index (χ1) is 14.1. The van der Waals surface area contributed by atoms with Gasteiger partial charge < -0.3 is 5.32 Å². The zero-order chi connectivity index (χ0) is 22.1. The summed E-state index contributed by atoms with van der Waals surface area (Å²) in [6.07, 6.45) is 0. The van der Waals surface area contributed by atoms with Crippen molar-refractivity contribution in [2.45, 2.75) is 25.7 Å². The highest BCUT2D eigenvalue weighted by molar-refractivity contribution is 7.92. The summed E-state index contributed by atoms with van der Waals surface area (Å²) in [5.41, 5.74) is 2.95. The van der Waals surface area contributed by atoms with Crippen LogP contribution in [0.5, 0.6) is 0 Å². The molecule has 156 valence electrons. The topological polar surface area (TPSA) is 75.3 Å². The molecule has 0 aliphatic rings. The average molecular weight is 430 g/mol. The summed E-state index contributed by atoms with van der Waals surface area (Å²) in [4.78, 5) is 12.4. The number of halogens is 2. The van der Waals surface area contributed by atoms with E-state index >= 15 is 0 Å². The lowest BCUT2D eigenvalue weighted by atomic mass is 10.1. The molecule has 0 heterocycles. The Morgan fingerprint density at radius 1 is 0.767 bits per heavy atom. The van der Waals surface area contributed by atoms with Crippen molar-refractivity contribution in [1.29, 1.82) is 0 Å². The molecule has 0 aliphatic heterocycles. The molecule has 0 saturated carbocycles. The molecule has 5 nitrogen and oxygen atoms in total. The number of benzene rings is 3. The molecule has 8 heteroatoms. The van der Waals surface area contributed by atoms with Crippen LogP contribution in [-0.2, 0) is 10.0 Å². The van der Waals surface area contributed by atoms with E-state index in [-0.39, 0.29) is 16.1 Å². The van der Waals surface area contributed by atoms with Gasteiger partial charge >= 0.3 is 0 Å². The van der Waals surface area contributed by atoms with Gasteiger partial charge in [-0.2, -0.15) is 0 Å². The Balaban J connectivity index is 1.88. The van der Waals surface area contributed by atoms with Crippen molar-refractivity contribution in [1.82, 2.24) is 0 Å². The molecule has 2 N–H and O–H groups in total. The molecule has 3 aromatic carbocycles. The minimum absolute atomic E-state index is 0.0529. The first-order valence-corrected chi connectivity index (χ1v) is 10.5. The number of carbonyl (C=O) groups is 1. The van der Waals surface area contributed by atoms with E-state index in [0.29, 0.717) is 11.3 Å². The summed E-state index contributed by atoms with van der Waals surface area (Å²) in [6, 6.07) is 12.4. The smallest absolute Gasteiger partial charge is 0.262 e. The maximum absolute atomic E-state index is 13.4. The van der Waals surface area contributed by atoms with Gasteiger partial charge in [-0.1, -0.05) is 12.1 Å². The highest BCUT2D eigenvalue weighted by atomic mass is 32.2. The summed E-state index contributed by atoms with van der Waals surface area (Å²) < 4.78 is 54.7. The number of hydrogen-bond acceptors (Lipinski definition) is 3. The molecule has 0 bridgehead atoms. The standard InChI is InChI=1S/C22H20F2N2O3S/c1-13-5-7-18(10-15(13)3)26-30(28,29)21-11-16(6-4-14(21)2)22(27)25-17-8-9-19(23)20(24)12-17/h4-12,26H,1-3H3,(H,25,27). The van der Waals surface area contributed by atoms with Gasteiger partial charge in [0, 0.05) is 23.0 Å². The van der Waals surface area contributed by atoms with Crippen LogP contribution in [0, 0.1) is 32.4 Å². The van der Waals surface area contributed by atoms with Gasteiger partial charge in [-0.25, -0.2) is 17.2 Å².